The quantitative estimate of drug-likeness (QED) is 0.267. The van der Waals surface area contributed by atoms with Crippen molar-refractivity contribution in [2.75, 3.05) is 0 Å². The molecule has 0 unspecified atom stereocenters. The van der Waals surface area contributed by atoms with Crippen LogP contribution >= 0.6 is 0 Å². The maximum Gasteiger partial charge on any atom is 0.0785 e. The number of rotatable bonds is 1. The van der Waals surface area contributed by atoms with E-state index in [-0.39, 0.29) is 0 Å². The van der Waals surface area contributed by atoms with Gasteiger partial charge in [-0.05, 0) is 69.2 Å². The molecule has 4 aromatic carbocycles. The van der Waals surface area contributed by atoms with Gasteiger partial charge in [0.1, 0.15) is 0 Å². The molecule has 6 rings (SSSR count). The van der Waals surface area contributed by atoms with Gasteiger partial charge >= 0.3 is 0 Å². The zero-order chi connectivity index (χ0) is 21.4. The Labute approximate surface area is 182 Å². The minimum atomic E-state index is 1.26. The first-order valence-electron chi connectivity index (χ1n) is 10.9. The van der Waals surface area contributed by atoms with E-state index >= 15 is 0 Å². The lowest BCUT2D eigenvalue weighted by molar-refractivity contribution is 1.01. The van der Waals surface area contributed by atoms with Crippen molar-refractivity contribution in [3.63, 3.8) is 0 Å². The van der Waals surface area contributed by atoms with E-state index in [1.165, 1.54) is 71.6 Å². The second-order valence-corrected chi connectivity index (χ2v) is 9.08. The largest absolute Gasteiger partial charge is 0.342 e. The van der Waals surface area contributed by atoms with E-state index in [1.54, 1.807) is 0 Å². The Morgan fingerprint density at radius 2 is 1.06 bits per heavy atom. The number of benzene rings is 4. The maximum absolute atomic E-state index is 2.49. The van der Waals surface area contributed by atoms with Crippen LogP contribution in [-0.2, 0) is 7.05 Å². The average molecular weight is 403 g/mol. The van der Waals surface area contributed by atoms with Crippen molar-refractivity contribution in [2.45, 2.75) is 27.7 Å². The molecule has 2 heteroatoms. The highest BCUT2D eigenvalue weighted by molar-refractivity contribution is 6.23. The highest BCUT2D eigenvalue weighted by Gasteiger charge is 2.20. The highest BCUT2D eigenvalue weighted by Crippen LogP contribution is 2.40. The van der Waals surface area contributed by atoms with Crippen LogP contribution < -0.4 is 0 Å². The molecule has 6 aromatic rings. The first-order valence-corrected chi connectivity index (χ1v) is 10.9. The molecular formula is C29H26N2. The van der Waals surface area contributed by atoms with Gasteiger partial charge in [0.15, 0.2) is 0 Å². The summed E-state index contributed by atoms with van der Waals surface area (Å²) in [7, 11) is 2.20. The molecule has 2 heterocycles. The van der Waals surface area contributed by atoms with Crippen molar-refractivity contribution >= 4 is 43.6 Å². The SMILES string of the molecule is Cc1ccc(C)c(-n2c3ccc(C)cc3c3ccc4c5cc(C)ccc5n(C)c4c32)c1. The molecular weight excluding hydrogens is 376 g/mol. The first kappa shape index (κ1) is 18.3. The van der Waals surface area contributed by atoms with Gasteiger partial charge in [0.2, 0.25) is 0 Å². The Morgan fingerprint density at radius 1 is 0.516 bits per heavy atom. The van der Waals surface area contributed by atoms with Crippen LogP contribution in [0.5, 0.6) is 0 Å². The Kier molecular flexibility index (Phi) is 3.68. The van der Waals surface area contributed by atoms with Gasteiger partial charge in [-0.15, -0.1) is 0 Å². The fraction of sp³-hybridized carbons (Fsp3) is 0.172. The molecule has 0 fully saturated rings. The number of nitrogens with zero attached hydrogens (tertiary/aromatic N) is 2. The lowest BCUT2D eigenvalue weighted by Crippen LogP contribution is -1.99. The zero-order valence-electron chi connectivity index (χ0n) is 18.7. The third-order valence-electron chi connectivity index (χ3n) is 6.80. The van der Waals surface area contributed by atoms with Crippen LogP contribution in [0.2, 0.25) is 0 Å². The fourth-order valence-electron chi connectivity index (χ4n) is 5.25. The van der Waals surface area contributed by atoms with Crippen LogP contribution in [-0.4, -0.2) is 9.13 Å². The van der Waals surface area contributed by atoms with Crippen molar-refractivity contribution in [1.29, 1.82) is 0 Å². The van der Waals surface area contributed by atoms with Gasteiger partial charge in [-0.1, -0.05) is 47.5 Å². The zero-order valence-corrected chi connectivity index (χ0v) is 18.7. The molecule has 31 heavy (non-hydrogen) atoms. The summed E-state index contributed by atoms with van der Waals surface area (Å²) in [4.78, 5) is 0. The Morgan fingerprint density at radius 3 is 1.77 bits per heavy atom. The molecule has 2 aromatic heterocycles. The summed E-state index contributed by atoms with van der Waals surface area (Å²) >= 11 is 0. The summed E-state index contributed by atoms with van der Waals surface area (Å²) in [6.07, 6.45) is 0. The van der Waals surface area contributed by atoms with E-state index < -0.39 is 0 Å². The fourth-order valence-corrected chi connectivity index (χ4v) is 5.25. The number of fused-ring (bicyclic) bond motifs is 7. The van der Waals surface area contributed by atoms with Crippen LogP contribution in [0.25, 0.3) is 49.3 Å². The number of hydrogen-bond acceptors (Lipinski definition) is 0. The van der Waals surface area contributed by atoms with E-state index in [9.17, 15) is 0 Å². The van der Waals surface area contributed by atoms with Crippen LogP contribution in [0.4, 0.5) is 0 Å². The molecule has 0 N–H and O–H groups in total. The van der Waals surface area contributed by atoms with Crippen LogP contribution in [0.15, 0.2) is 66.7 Å². The molecule has 0 aliphatic rings. The van der Waals surface area contributed by atoms with E-state index in [1.807, 2.05) is 0 Å². The lowest BCUT2D eigenvalue weighted by Gasteiger charge is -2.13. The molecule has 0 bridgehead atoms. The molecule has 0 aliphatic heterocycles. The average Bonchev–Trinajstić information content (AvgIpc) is 3.22. The topological polar surface area (TPSA) is 9.86 Å². The van der Waals surface area contributed by atoms with E-state index in [4.69, 9.17) is 0 Å². The van der Waals surface area contributed by atoms with E-state index in [0.29, 0.717) is 0 Å². The molecule has 2 nitrogen and oxygen atoms in total. The highest BCUT2D eigenvalue weighted by atomic mass is 15.0. The summed E-state index contributed by atoms with van der Waals surface area (Å²) < 4.78 is 4.86. The first-order chi connectivity index (χ1) is 14.9. The monoisotopic (exact) mass is 402 g/mol. The minimum Gasteiger partial charge on any atom is -0.342 e. The summed E-state index contributed by atoms with van der Waals surface area (Å²) in [5, 5.41) is 5.28. The third kappa shape index (κ3) is 2.45. The van der Waals surface area contributed by atoms with Crippen molar-refractivity contribution in [1.82, 2.24) is 9.13 Å². The van der Waals surface area contributed by atoms with E-state index in [2.05, 4.69) is 111 Å². The molecule has 0 spiro atoms. The van der Waals surface area contributed by atoms with Gasteiger partial charge in [0, 0.05) is 39.8 Å². The van der Waals surface area contributed by atoms with Gasteiger partial charge < -0.3 is 9.13 Å². The standard InChI is InChI=1S/C29H26N2/c1-17-7-12-25-23(14-17)21-10-11-22-24-15-18(2)8-13-26(24)31(29(22)28(21)30(25)5)27-16-19(3)6-9-20(27)4/h6-16H,1-5H3. The Hall–Kier alpha value is -3.52. The predicted molar refractivity (Wildman–Crippen MR) is 134 cm³/mol. The van der Waals surface area contributed by atoms with Crippen molar-refractivity contribution < 1.29 is 0 Å². The maximum atomic E-state index is 2.49. The van der Waals surface area contributed by atoms with Crippen LogP contribution in [0.3, 0.4) is 0 Å². The summed E-state index contributed by atoms with van der Waals surface area (Å²) in [6.45, 7) is 8.74. The van der Waals surface area contributed by atoms with Crippen LogP contribution in [0, 0.1) is 27.7 Å². The predicted octanol–water partition coefficient (Wildman–Crippen LogP) is 7.66. The van der Waals surface area contributed by atoms with Gasteiger partial charge in [-0.25, -0.2) is 0 Å². The Balaban J connectivity index is 1.93. The normalized spacial score (nSPS) is 12.0. The lowest BCUT2D eigenvalue weighted by atomic mass is 10.1. The molecule has 0 amide bonds. The number of hydrogen-bond donors (Lipinski definition) is 0. The summed E-state index contributed by atoms with van der Waals surface area (Å²) in [5.41, 5.74) is 11.6. The molecule has 0 radical (unpaired) electrons. The second kappa shape index (κ2) is 6.24. The van der Waals surface area contributed by atoms with E-state index in [0.717, 1.165) is 0 Å². The van der Waals surface area contributed by atoms with Gasteiger partial charge in [0.05, 0.1) is 16.6 Å². The second-order valence-electron chi connectivity index (χ2n) is 9.08. The molecule has 0 atom stereocenters. The molecule has 0 saturated heterocycles. The molecule has 0 saturated carbocycles. The third-order valence-corrected chi connectivity index (χ3v) is 6.80. The van der Waals surface area contributed by atoms with Crippen molar-refractivity contribution in [2.24, 2.45) is 7.05 Å². The Bertz CT molecular complexity index is 1670. The number of aromatic nitrogens is 2. The molecule has 152 valence electrons. The summed E-state index contributed by atoms with van der Waals surface area (Å²) in [6, 6.07) is 25.0. The smallest absolute Gasteiger partial charge is 0.0785 e. The number of aryl methyl sites for hydroxylation is 5. The minimum absolute atomic E-state index is 1.26. The summed E-state index contributed by atoms with van der Waals surface area (Å²) in [5.74, 6) is 0. The van der Waals surface area contributed by atoms with Gasteiger partial charge in [0.25, 0.3) is 0 Å². The van der Waals surface area contributed by atoms with Crippen molar-refractivity contribution in [3.8, 4) is 5.69 Å². The van der Waals surface area contributed by atoms with Gasteiger partial charge in [-0.2, -0.15) is 0 Å². The van der Waals surface area contributed by atoms with Crippen molar-refractivity contribution in [3.05, 3.63) is 89.0 Å². The molecule has 0 aliphatic carbocycles. The van der Waals surface area contributed by atoms with Gasteiger partial charge in [-0.3, -0.25) is 0 Å². The van der Waals surface area contributed by atoms with Crippen LogP contribution in [0.1, 0.15) is 22.3 Å².